The highest BCUT2D eigenvalue weighted by Crippen LogP contribution is 2.27. The summed E-state index contributed by atoms with van der Waals surface area (Å²) in [5.41, 5.74) is 8.33. The Morgan fingerprint density at radius 1 is 1.43 bits per heavy atom. The molecule has 1 atom stereocenters. The van der Waals surface area contributed by atoms with Crippen LogP contribution in [-0.2, 0) is 15.9 Å². The van der Waals surface area contributed by atoms with Crippen molar-refractivity contribution in [1.29, 1.82) is 0 Å². The predicted octanol–water partition coefficient (Wildman–Crippen LogP) is 1.93. The second-order valence-corrected chi connectivity index (χ2v) is 5.84. The molecule has 0 spiro atoms. The van der Waals surface area contributed by atoms with Gasteiger partial charge in [0.05, 0.1) is 24.3 Å². The molecule has 2 rings (SSSR count). The summed E-state index contributed by atoms with van der Waals surface area (Å²) in [5, 5.41) is 0. The number of methoxy groups -OCH3 is 1. The third kappa shape index (κ3) is 5.04. The van der Waals surface area contributed by atoms with Crippen LogP contribution in [0.25, 0.3) is 0 Å². The Hall–Kier alpha value is -1.01. The van der Waals surface area contributed by atoms with Crippen LogP contribution < -0.4 is 5.73 Å². The minimum Gasteiger partial charge on any atom is -0.393 e. The number of rotatable bonds is 8. The molecule has 0 radical (unpaired) electrons. The topological polar surface area (TPSA) is 47.7 Å². The Labute approximate surface area is 132 Å². The molecular weight excluding hydrogens is 284 g/mol. The Bertz CT molecular complexity index is 467. The number of nitrogens with two attached hydrogens (primary N) is 1. The summed E-state index contributed by atoms with van der Waals surface area (Å²) < 4.78 is 11.2. The van der Waals surface area contributed by atoms with Crippen LogP contribution in [0.3, 0.4) is 0 Å². The van der Waals surface area contributed by atoms with E-state index in [4.69, 9.17) is 27.4 Å². The first-order valence-electron chi connectivity index (χ1n) is 7.39. The van der Waals surface area contributed by atoms with Gasteiger partial charge in [0.1, 0.15) is 0 Å². The summed E-state index contributed by atoms with van der Waals surface area (Å²) in [4.78, 5) is 2.87. The molecule has 0 fully saturated rings. The van der Waals surface area contributed by atoms with Gasteiger partial charge >= 0.3 is 0 Å². The largest absolute Gasteiger partial charge is 0.393 e. The smallest absolute Gasteiger partial charge is 0.0954 e. The summed E-state index contributed by atoms with van der Waals surface area (Å²) in [6, 6.07) is 8.53. The average Bonchev–Trinajstić information content (AvgIpc) is 2.50. The van der Waals surface area contributed by atoms with Gasteiger partial charge in [0, 0.05) is 33.2 Å². The number of hydrogen-bond donors (Lipinski definition) is 1. The van der Waals surface area contributed by atoms with Crippen LogP contribution in [0.4, 0.5) is 0 Å². The first kappa shape index (κ1) is 16.4. The van der Waals surface area contributed by atoms with E-state index < -0.39 is 0 Å². The third-order valence-corrected chi connectivity index (χ3v) is 4.01. The van der Waals surface area contributed by atoms with Crippen LogP contribution in [0.2, 0.25) is 0 Å². The monoisotopic (exact) mass is 308 g/mol. The quantitative estimate of drug-likeness (QED) is 0.744. The van der Waals surface area contributed by atoms with Crippen LogP contribution in [0.1, 0.15) is 23.7 Å². The molecule has 1 heterocycles. The molecule has 1 unspecified atom stereocenters. The molecule has 2 N–H and O–H groups in total. The van der Waals surface area contributed by atoms with Crippen molar-refractivity contribution < 1.29 is 9.47 Å². The van der Waals surface area contributed by atoms with Gasteiger partial charge in [-0.1, -0.05) is 36.5 Å². The molecule has 0 bridgehead atoms. The molecule has 0 aliphatic carbocycles. The van der Waals surface area contributed by atoms with Crippen molar-refractivity contribution in [2.24, 2.45) is 5.73 Å². The van der Waals surface area contributed by atoms with Crippen LogP contribution in [0.5, 0.6) is 0 Å². The van der Waals surface area contributed by atoms with E-state index in [1.54, 1.807) is 7.11 Å². The Morgan fingerprint density at radius 3 is 3.00 bits per heavy atom. The molecule has 116 valence electrons. The van der Waals surface area contributed by atoms with E-state index in [1.165, 1.54) is 11.1 Å². The summed E-state index contributed by atoms with van der Waals surface area (Å²) in [7, 11) is 1.72. The normalized spacial score (nSPS) is 17.7. The fraction of sp³-hybridized carbons (Fsp3) is 0.562. The average molecular weight is 308 g/mol. The number of fused-ring (bicyclic) bond motifs is 1. The number of hydrogen-bond acceptors (Lipinski definition) is 4. The van der Waals surface area contributed by atoms with E-state index in [0.717, 1.165) is 39.1 Å². The number of nitrogens with zero attached hydrogens (tertiary/aromatic N) is 1. The van der Waals surface area contributed by atoms with E-state index in [9.17, 15) is 0 Å². The maximum atomic E-state index is 5.98. The van der Waals surface area contributed by atoms with Crippen molar-refractivity contribution in [1.82, 2.24) is 4.90 Å². The zero-order valence-electron chi connectivity index (χ0n) is 12.6. The summed E-state index contributed by atoms with van der Waals surface area (Å²) in [6.45, 7) is 4.05. The second-order valence-electron chi connectivity index (χ2n) is 5.32. The van der Waals surface area contributed by atoms with Crippen molar-refractivity contribution in [2.45, 2.75) is 18.9 Å². The Kier molecular flexibility index (Phi) is 6.57. The molecule has 1 aromatic carbocycles. The van der Waals surface area contributed by atoms with Crippen LogP contribution in [-0.4, -0.2) is 49.8 Å². The zero-order chi connectivity index (χ0) is 15.1. The van der Waals surface area contributed by atoms with Crippen molar-refractivity contribution in [3.8, 4) is 0 Å². The van der Waals surface area contributed by atoms with Crippen LogP contribution >= 0.6 is 12.2 Å². The molecule has 0 amide bonds. The van der Waals surface area contributed by atoms with Gasteiger partial charge in [-0.05, 0) is 17.5 Å². The first-order valence-corrected chi connectivity index (χ1v) is 7.80. The predicted molar refractivity (Wildman–Crippen MR) is 88.6 cm³/mol. The van der Waals surface area contributed by atoms with Crippen molar-refractivity contribution >= 4 is 17.2 Å². The fourth-order valence-electron chi connectivity index (χ4n) is 2.65. The minimum absolute atomic E-state index is 0.123. The van der Waals surface area contributed by atoms with E-state index in [0.29, 0.717) is 11.6 Å². The standard InChI is InChI=1S/C16H24N2O2S/c1-19-11-9-18(8-6-16(17)21)12-15-14-5-3-2-4-13(14)7-10-20-15/h2-5,15H,6-12H2,1H3,(H2,17,21). The van der Waals surface area contributed by atoms with Gasteiger partial charge < -0.3 is 15.2 Å². The second kappa shape index (κ2) is 8.44. The van der Waals surface area contributed by atoms with Gasteiger partial charge in [0.25, 0.3) is 0 Å². The molecular formula is C16H24N2O2S. The van der Waals surface area contributed by atoms with Gasteiger partial charge in [0.2, 0.25) is 0 Å². The lowest BCUT2D eigenvalue weighted by atomic mass is 9.97. The maximum absolute atomic E-state index is 5.98. The Morgan fingerprint density at radius 2 is 2.24 bits per heavy atom. The van der Waals surface area contributed by atoms with Gasteiger partial charge in [0.15, 0.2) is 0 Å². The van der Waals surface area contributed by atoms with Crippen LogP contribution in [0, 0.1) is 0 Å². The van der Waals surface area contributed by atoms with E-state index in [1.807, 2.05) is 0 Å². The molecule has 5 heteroatoms. The number of thiocarbonyl (C=S) groups is 1. The lowest BCUT2D eigenvalue weighted by Crippen LogP contribution is -2.36. The zero-order valence-corrected chi connectivity index (χ0v) is 13.4. The number of benzene rings is 1. The maximum Gasteiger partial charge on any atom is 0.0954 e. The van der Waals surface area contributed by atoms with Gasteiger partial charge in [-0.3, -0.25) is 4.90 Å². The third-order valence-electron chi connectivity index (χ3n) is 3.80. The molecule has 21 heavy (non-hydrogen) atoms. The Balaban J connectivity index is 2.00. The van der Waals surface area contributed by atoms with E-state index >= 15 is 0 Å². The van der Waals surface area contributed by atoms with Crippen molar-refractivity contribution in [3.63, 3.8) is 0 Å². The summed E-state index contributed by atoms with van der Waals surface area (Å²) >= 11 is 4.98. The lowest BCUT2D eigenvalue weighted by Gasteiger charge is -2.31. The van der Waals surface area contributed by atoms with Gasteiger partial charge in [-0.15, -0.1) is 0 Å². The first-order chi connectivity index (χ1) is 10.2. The molecule has 0 saturated heterocycles. The van der Waals surface area contributed by atoms with E-state index in [-0.39, 0.29) is 6.10 Å². The molecule has 1 aliphatic rings. The molecule has 1 aliphatic heterocycles. The van der Waals surface area contributed by atoms with Gasteiger partial charge in [-0.2, -0.15) is 0 Å². The van der Waals surface area contributed by atoms with E-state index in [2.05, 4.69) is 29.2 Å². The lowest BCUT2D eigenvalue weighted by molar-refractivity contribution is 0.0116. The fourth-order valence-corrected chi connectivity index (χ4v) is 2.74. The molecule has 4 nitrogen and oxygen atoms in total. The summed E-state index contributed by atoms with van der Waals surface area (Å²) in [5.74, 6) is 0. The molecule has 1 aromatic rings. The van der Waals surface area contributed by atoms with Crippen molar-refractivity contribution in [3.05, 3.63) is 35.4 Å². The number of ether oxygens (including phenoxy) is 2. The molecule has 0 aromatic heterocycles. The van der Waals surface area contributed by atoms with Crippen LogP contribution in [0.15, 0.2) is 24.3 Å². The van der Waals surface area contributed by atoms with Gasteiger partial charge in [-0.25, -0.2) is 0 Å². The summed E-state index contributed by atoms with van der Waals surface area (Å²) in [6.07, 6.45) is 1.85. The SMILES string of the molecule is COCCN(CCC(N)=S)CC1OCCc2ccccc21. The van der Waals surface area contributed by atoms with Crippen molar-refractivity contribution in [2.75, 3.05) is 40.0 Å². The highest BCUT2D eigenvalue weighted by Gasteiger charge is 2.22. The highest BCUT2D eigenvalue weighted by atomic mass is 32.1. The highest BCUT2D eigenvalue weighted by molar-refractivity contribution is 7.80. The molecule has 0 saturated carbocycles. The minimum atomic E-state index is 0.123.